The monoisotopic (exact) mass is 318 g/mol. The van der Waals surface area contributed by atoms with Gasteiger partial charge in [-0.15, -0.1) is 0 Å². The van der Waals surface area contributed by atoms with Gasteiger partial charge in [-0.25, -0.2) is 4.79 Å². The number of urea groups is 1. The van der Waals surface area contributed by atoms with Crippen molar-refractivity contribution in [1.82, 2.24) is 10.2 Å². The summed E-state index contributed by atoms with van der Waals surface area (Å²) >= 11 is 0. The van der Waals surface area contributed by atoms with Gasteiger partial charge >= 0.3 is 6.03 Å². The maximum absolute atomic E-state index is 12.6. The molecule has 2 saturated carbocycles. The van der Waals surface area contributed by atoms with Gasteiger partial charge in [-0.05, 0) is 50.2 Å². The van der Waals surface area contributed by atoms with E-state index in [4.69, 9.17) is 9.15 Å². The van der Waals surface area contributed by atoms with Crippen molar-refractivity contribution < 1.29 is 13.9 Å². The van der Waals surface area contributed by atoms with Crippen LogP contribution in [0.1, 0.15) is 56.5 Å². The summed E-state index contributed by atoms with van der Waals surface area (Å²) in [4.78, 5) is 14.6. The molecular weight excluding hydrogens is 292 g/mol. The van der Waals surface area contributed by atoms with Crippen LogP contribution in [0.15, 0.2) is 16.5 Å². The molecule has 5 nitrogen and oxygen atoms in total. The minimum Gasteiger partial charge on any atom is -0.464 e. The van der Waals surface area contributed by atoms with E-state index in [1.807, 2.05) is 11.0 Å². The smallest absolute Gasteiger partial charge is 0.318 e. The van der Waals surface area contributed by atoms with Crippen molar-refractivity contribution in [1.29, 1.82) is 0 Å². The van der Waals surface area contributed by atoms with E-state index in [1.54, 1.807) is 0 Å². The lowest BCUT2D eigenvalue weighted by molar-refractivity contribution is 0.0775. The van der Waals surface area contributed by atoms with E-state index in [9.17, 15) is 4.79 Å². The Kier molecular flexibility index (Phi) is 4.05. The summed E-state index contributed by atoms with van der Waals surface area (Å²) in [5, 5.41) is 3.17. The fourth-order valence-electron chi connectivity index (χ4n) is 3.42. The van der Waals surface area contributed by atoms with Gasteiger partial charge in [0.05, 0.1) is 6.54 Å². The van der Waals surface area contributed by atoms with Gasteiger partial charge < -0.3 is 19.4 Å². The molecule has 2 heterocycles. The third kappa shape index (κ3) is 3.55. The van der Waals surface area contributed by atoms with E-state index in [0.29, 0.717) is 18.5 Å². The maximum Gasteiger partial charge on any atom is 0.318 e. The van der Waals surface area contributed by atoms with Gasteiger partial charge in [0, 0.05) is 31.2 Å². The number of carbonyl (C=O) groups excluding carboxylic acids is 1. The zero-order chi connectivity index (χ0) is 15.8. The highest BCUT2D eigenvalue weighted by molar-refractivity contribution is 5.75. The van der Waals surface area contributed by atoms with Crippen LogP contribution in [-0.4, -0.2) is 36.2 Å². The molecule has 2 aliphatic carbocycles. The summed E-state index contributed by atoms with van der Waals surface area (Å²) in [6.45, 7) is 4.33. The predicted octanol–water partition coefficient (Wildman–Crippen LogP) is 3.26. The van der Waals surface area contributed by atoms with Crippen molar-refractivity contribution in [2.45, 2.75) is 63.6 Å². The van der Waals surface area contributed by atoms with Crippen molar-refractivity contribution >= 4 is 6.03 Å². The largest absolute Gasteiger partial charge is 0.464 e. The molecule has 2 atom stereocenters. The zero-order valence-electron chi connectivity index (χ0n) is 13.8. The molecule has 3 fully saturated rings. The van der Waals surface area contributed by atoms with E-state index >= 15 is 0 Å². The molecule has 0 radical (unpaired) electrons. The van der Waals surface area contributed by atoms with E-state index in [0.717, 1.165) is 56.3 Å². The van der Waals surface area contributed by atoms with Gasteiger partial charge in [-0.2, -0.15) is 0 Å². The molecule has 2 amide bonds. The van der Waals surface area contributed by atoms with Crippen molar-refractivity contribution in [2.24, 2.45) is 5.92 Å². The van der Waals surface area contributed by atoms with E-state index in [2.05, 4.69) is 18.3 Å². The van der Waals surface area contributed by atoms with Gasteiger partial charge in [0.2, 0.25) is 0 Å². The number of hydrogen-bond acceptors (Lipinski definition) is 3. The topological polar surface area (TPSA) is 54.7 Å². The van der Waals surface area contributed by atoms with Gasteiger partial charge in [0.25, 0.3) is 0 Å². The Morgan fingerprint density at radius 2 is 2.00 bits per heavy atom. The molecular formula is C18H26N2O3. The number of hydrogen-bond donors (Lipinski definition) is 1. The number of amides is 2. The average Bonchev–Trinajstić information content (AvgIpc) is 3.47. The molecule has 126 valence electrons. The van der Waals surface area contributed by atoms with Crippen LogP contribution >= 0.6 is 0 Å². The molecule has 1 aromatic heterocycles. The summed E-state index contributed by atoms with van der Waals surface area (Å²) in [6, 6.07) is 4.81. The fraction of sp³-hybridized carbons (Fsp3) is 0.722. The van der Waals surface area contributed by atoms with Gasteiger partial charge in [-0.1, -0.05) is 6.92 Å². The average molecular weight is 318 g/mol. The molecule has 1 saturated heterocycles. The summed E-state index contributed by atoms with van der Waals surface area (Å²) in [6.07, 6.45) is 5.26. The van der Waals surface area contributed by atoms with Crippen molar-refractivity contribution in [2.75, 3.05) is 13.2 Å². The second kappa shape index (κ2) is 6.19. The third-order valence-corrected chi connectivity index (χ3v) is 5.28. The minimum atomic E-state index is 0.0529. The Morgan fingerprint density at radius 1 is 1.26 bits per heavy atom. The number of ether oxygens (including phenoxy) is 1. The van der Waals surface area contributed by atoms with Crippen LogP contribution in [0.5, 0.6) is 0 Å². The van der Waals surface area contributed by atoms with Crippen LogP contribution in [0.4, 0.5) is 4.79 Å². The lowest BCUT2D eigenvalue weighted by Crippen LogP contribution is -2.47. The Hall–Kier alpha value is -1.49. The Bertz CT molecular complexity index is 560. The molecule has 5 heteroatoms. The molecule has 0 bridgehead atoms. The molecule has 0 aromatic carbocycles. The third-order valence-electron chi connectivity index (χ3n) is 5.28. The highest BCUT2D eigenvalue weighted by atomic mass is 16.5. The maximum atomic E-state index is 12.6. The van der Waals surface area contributed by atoms with Crippen LogP contribution in [0.25, 0.3) is 0 Å². The quantitative estimate of drug-likeness (QED) is 0.906. The number of nitrogens with zero attached hydrogens (tertiary/aromatic N) is 1. The second-order valence-electron chi connectivity index (χ2n) is 7.32. The molecule has 0 spiro atoms. The molecule has 1 aliphatic heterocycles. The lowest BCUT2D eigenvalue weighted by atomic mass is 10.1. The van der Waals surface area contributed by atoms with Crippen LogP contribution in [0.3, 0.4) is 0 Å². The highest BCUT2D eigenvalue weighted by Gasteiger charge is 2.38. The first-order valence-corrected chi connectivity index (χ1v) is 8.94. The number of carbonyl (C=O) groups is 1. The predicted molar refractivity (Wildman–Crippen MR) is 86.2 cm³/mol. The van der Waals surface area contributed by atoms with Crippen molar-refractivity contribution in [3.05, 3.63) is 23.7 Å². The summed E-state index contributed by atoms with van der Waals surface area (Å²) in [5.74, 6) is 3.33. The van der Waals surface area contributed by atoms with Crippen molar-refractivity contribution in [3.8, 4) is 0 Å². The van der Waals surface area contributed by atoms with Crippen LogP contribution in [-0.2, 0) is 11.3 Å². The lowest BCUT2D eigenvalue weighted by Gasteiger charge is -2.28. The highest BCUT2D eigenvalue weighted by Crippen LogP contribution is 2.47. The van der Waals surface area contributed by atoms with E-state index in [-0.39, 0.29) is 12.1 Å². The first-order chi connectivity index (χ1) is 11.2. The first kappa shape index (κ1) is 15.1. The fourth-order valence-corrected chi connectivity index (χ4v) is 3.42. The number of nitrogens with one attached hydrogen (secondary N) is 1. The van der Waals surface area contributed by atoms with Crippen LogP contribution in [0.2, 0.25) is 0 Å². The Balaban J connectivity index is 1.37. The van der Waals surface area contributed by atoms with Gasteiger partial charge in [-0.3, -0.25) is 0 Å². The second-order valence-corrected chi connectivity index (χ2v) is 7.32. The molecule has 23 heavy (non-hydrogen) atoms. The van der Waals surface area contributed by atoms with Crippen LogP contribution < -0.4 is 5.32 Å². The standard InChI is InChI=1S/C18H26N2O3/c1-12-10-16(12)17-5-4-15(23-17)11-20(14-2-3-14)18(21)19-13-6-8-22-9-7-13/h4-5,12-14,16H,2-3,6-11H2,1H3,(H,19,21)/t12-,16+/m0/s1. The van der Waals surface area contributed by atoms with Gasteiger partial charge in [0.1, 0.15) is 11.5 Å². The number of rotatable bonds is 5. The first-order valence-electron chi connectivity index (χ1n) is 8.94. The van der Waals surface area contributed by atoms with Gasteiger partial charge in [0.15, 0.2) is 0 Å². The number of furan rings is 1. The molecule has 1 N–H and O–H groups in total. The zero-order valence-corrected chi connectivity index (χ0v) is 13.8. The van der Waals surface area contributed by atoms with E-state index < -0.39 is 0 Å². The molecule has 3 aliphatic rings. The SMILES string of the molecule is C[C@H]1C[C@H]1c1ccc(CN(C(=O)NC2CCOCC2)C2CC2)o1. The molecule has 0 unspecified atom stereocenters. The summed E-state index contributed by atoms with van der Waals surface area (Å²) in [5.41, 5.74) is 0. The van der Waals surface area contributed by atoms with Crippen LogP contribution in [0, 0.1) is 5.92 Å². The molecule has 4 rings (SSSR count). The van der Waals surface area contributed by atoms with E-state index in [1.165, 1.54) is 6.42 Å². The minimum absolute atomic E-state index is 0.0529. The molecule has 1 aromatic rings. The summed E-state index contributed by atoms with van der Waals surface area (Å²) < 4.78 is 11.3. The normalized spacial score (nSPS) is 27.7. The Morgan fingerprint density at radius 3 is 2.65 bits per heavy atom. The Labute approximate surface area is 137 Å². The van der Waals surface area contributed by atoms with Crippen molar-refractivity contribution in [3.63, 3.8) is 0 Å². The summed E-state index contributed by atoms with van der Waals surface area (Å²) in [7, 11) is 0.